The lowest BCUT2D eigenvalue weighted by Crippen LogP contribution is -2.31. The van der Waals surface area contributed by atoms with Crippen LogP contribution >= 0.6 is 0 Å². The Morgan fingerprint density at radius 2 is 2.09 bits per heavy atom. The predicted molar refractivity (Wildman–Crippen MR) is 77.0 cm³/mol. The number of carbonyl (C=O) groups is 1. The van der Waals surface area contributed by atoms with E-state index in [2.05, 4.69) is 5.32 Å². The Morgan fingerprint density at radius 3 is 2.65 bits per heavy atom. The number of nitrogens with one attached hydrogen (secondary N) is 1. The Hall–Kier alpha value is -2.28. The van der Waals surface area contributed by atoms with Crippen LogP contribution in [0.2, 0.25) is 0 Å². The minimum absolute atomic E-state index is 0.0456. The van der Waals surface area contributed by atoms with Crippen molar-refractivity contribution in [1.29, 1.82) is 0 Å². The highest BCUT2D eigenvalue weighted by atomic mass is 19.4. The van der Waals surface area contributed by atoms with Gasteiger partial charge in [0.2, 0.25) is 0 Å². The van der Waals surface area contributed by atoms with E-state index in [1.165, 1.54) is 31.6 Å². The first-order chi connectivity index (χ1) is 10.8. The normalized spacial score (nSPS) is 12.9. The van der Waals surface area contributed by atoms with Crippen LogP contribution in [0.1, 0.15) is 33.3 Å². The molecular weight excluding hydrogens is 311 g/mol. The Labute approximate surface area is 131 Å². The van der Waals surface area contributed by atoms with Crippen LogP contribution in [0.25, 0.3) is 0 Å². The maximum absolute atomic E-state index is 12.8. The third-order valence-electron chi connectivity index (χ3n) is 3.36. The maximum atomic E-state index is 12.8. The summed E-state index contributed by atoms with van der Waals surface area (Å²) in [5, 5.41) is 2.66. The molecule has 1 unspecified atom stereocenters. The minimum Gasteiger partial charge on any atom is -0.469 e. The fourth-order valence-electron chi connectivity index (χ4n) is 2.18. The number of alkyl halides is 3. The van der Waals surface area contributed by atoms with E-state index in [9.17, 15) is 18.0 Å². The highest BCUT2D eigenvalue weighted by Crippen LogP contribution is 2.31. The molecule has 4 nitrogen and oxygen atoms in total. The summed E-state index contributed by atoms with van der Waals surface area (Å²) in [5.74, 6) is -0.00146. The molecule has 2 rings (SSSR count). The third-order valence-corrected chi connectivity index (χ3v) is 3.36. The molecule has 1 aromatic heterocycles. The highest BCUT2D eigenvalue weighted by Gasteiger charge is 2.31. The SMILES string of the molecule is COCC(NC(=O)c1ccoc1C)c1cccc(C(F)(F)F)c1. The molecule has 23 heavy (non-hydrogen) atoms. The van der Waals surface area contributed by atoms with Crippen LogP contribution in [0.15, 0.2) is 41.0 Å². The zero-order valence-corrected chi connectivity index (χ0v) is 12.6. The van der Waals surface area contributed by atoms with Crippen molar-refractivity contribution in [3.05, 3.63) is 59.0 Å². The van der Waals surface area contributed by atoms with E-state index in [4.69, 9.17) is 9.15 Å². The van der Waals surface area contributed by atoms with Gasteiger partial charge in [0.25, 0.3) is 5.91 Å². The van der Waals surface area contributed by atoms with Gasteiger partial charge >= 0.3 is 6.18 Å². The van der Waals surface area contributed by atoms with Gasteiger partial charge in [-0.15, -0.1) is 0 Å². The average Bonchev–Trinajstić information content (AvgIpc) is 2.92. The van der Waals surface area contributed by atoms with E-state index in [1.54, 1.807) is 6.92 Å². The molecule has 1 heterocycles. The Kier molecular flexibility index (Phi) is 5.10. The number of hydrogen-bond donors (Lipinski definition) is 1. The summed E-state index contributed by atoms with van der Waals surface area (Å²) in [6.07, 6.45) is -3.07. The zero-order chi connectivity index (χ0) is 17.0. The summed E-state index contributed by atoms with van der Waals surface area (Å²) >= 11 is 0. The van der Waals surface area contributed by atoms with E-state index in [0.717, 1.165) is 12.1 Å². The quantitative estimate of drug-likeness (QED) is 0.910. The molecule has 124 valence electrons. The second kappa shape index (κ2) is 6.87. The molecule has 0 aliphatic carbocycles. The minimum atomic E-state index is -4.45. The smallest absolute Gasteiger partial charge is 0.416 e. The molecular formula is C16H16F3NO3. The maximum Gasteiger partial charge on any atom is 0.416 e. The summed E-state index contributed by atoms with van der Waals surface area (Å²) in [5.41, 5.74) is -0.126. The number of aryl methyl sites for hydroxylation is 1. The molecule has 0 fully saturated rings. The Bertz CT molecular complexity index is 679. The van der Waals surface area contributed by atoms with E-state index < -0.39 is 23.7 Å². The van der Waals surface area contributed by atoms with Crippen molar-refractivity contribution in [2.45, 2.75) is 19.1 Å². The zero-order valence-electron chi connectivity index (χ0n) is 12.6. The lowest BCUT2D eigenvalue weighted by Gasteiger charge is -2.19. The number of furan rings is 1. The molecule has 1 atom stereocenters. The van der Waals surface area contributed by atoms with E-state index >= 15 is 0 Å². The van der Waals surface area contributed by atoms with Crippen molar-refractivity contribution in [2.24, 2.45) is 0 Å². The molecule has 1 amide bonds. The molecule has 0 aliphatic rings. The van der Waals surface area contributed by atoms with Gasteiger partial charge in [-0.2, -0.15) is 13.2 Å². The van der Waals surface area contributed by atoms with Crippen LogP contribution in [-0.2, 0) is 10.9 Å². The molecule has 7 heteroatoms. The number of amides is 1. The van der Waals surface area contributed by atoms with Gasteiger partial charge in [-0.25, -0.2) is 0 Å². The van der Waals surface area contributed by atoms with Gasteiger partial charge in [-0.3, -0.25) is 4.79 Å². The van der Waals surface area contributed by atoms with Crippen molar-refractivity contribution < 1.29 is 27.1 Å². The second-order valence-electron chi connectivity index (χ2n) is 5.00. The van der Waals surface area contributed by atoms with Crippen molar-refractivity contribution >= 4 is 5.91 Å². The monoisotopic (exact) mass is 327 g/mol. The molecule has 0 spiro atoms. The van der Waals surface area contributed by atoms with Gasteiger partial charge < -0.3 is 14.5 Å². The van der Waals surface area contributed by atoms with Crippen LogP contribution in [0.5, 0.6) is 0 Å². The first-order valence-corrected chi connectivity index (χ1v) is 6.84. The molecule has 1 N–H and O–H groups in total. The van der Waals surface area contributed by atoms with Gasteiger partial charge in [-0.1, -0.05) is 12.1 Å². The number of methoxy groups -OCH3 is 1. The van der Waals surface area contributed by atoms with Crippen LogP contribution < -0.4 is 5.32 Å². The number of carbonyl (C=O) groups excluding carboxylic acids is 1. The molecule has 0 aliphatic heterocycles. The topological polar surface area (TPSA) is 51.5 Å². The summed E-state index contributed by atoms with van der Waals surface area (Å²) in [4.78, 5) is 12.2. The first-order valence-electron chi connectivity index (χ1n) is 6.84. The van der Waals surface area contributed by atoms with E-state index in [0.29, 0.717) is 16.9 Å². The van der Waals surface area contributed by atoms with Gasteiger partial charge in [0.15, 0.2) is 0 Å². The van der Waals surface area contributed by atoms with Crippen molar-refractivity contribution in [3.8, 4) is 0 Å². The molecule has 0 saturated carbocycles. The molecule has 0 bridgehead atoms. The number of halogens is 3. The van der Waals surface area contributed by atoms with Crippen molar-refractivity contribution in [2.75, 3.05) is 13.7 Å². The third kappa shape index (κ3) is 4.13. The van der Waals surface area contributed by atoms with Gasteiger partial charge in [-0.05, 0) is 30.7 Å². The number of ether oxygens (including phenoxy) is 1. The summed E-state index contributed by atoms with van der Waals surface area (Å²) in [6.45, 7) is 1.68. The van der Waals surface area contributed by atoms with Crippen molar-refractivity contribution in [1.82, 2.24) is 5.32 Å². The van der Waals surface area contributed by atoms with Crippen LogP contribution in [0.4, 0.5) is 13.2 Å². The summed E-state index contributed by atoms with van der Waals surface area (Å²) in [6, 6.07) is 5.60. The first kappa shape index (κ1) is 17.1. The predicted octanol–water partition coefficient (Wildman–Crippen LogP) is 3.72. The van der Waals surface area contributed by atoms with E-state index in [-0.39, 0.29) is 6.61 Å². The number of benzene rings is 1. The van der Waals surface area contributed by atoms with Gasteiger partial charge in [0.1, 0.15) is 5.76 Å². The fourth-order valence-corrected chi connectivity index (χ4v) is 2.18. The summed E-state index contributed by atoms with van der Waals surface area (Å²) < 4.78 is 48.5. The highest BCUT2D eigenvalue weighted by molar-refractivity contribution is 5.95. The van der Waals surface area contributed by atoms with Crippen LogP contribution in [0, 0.1) is 6.92 Å². The number of hydrogen-bond acceptors (Lipinski definition) is 3. The molecule has 1 aromatic carbocycles. The Balaban J connectivity index is 2.25. The van der Waals surface area contributed by atoms with E-state index in [1.807, 2.05) is 0 Å². The van der Waals surface area contributed by atoms with Gasteiger partial charge in [0, 0.05) is 7.11 Å². The van der Waals surface area contributed by atoms with Crippen LogP contribution in [-0.4, -0.2) is 19.6 Å². The van der Waals surface area contributed by atoms with Crippen LogP contribution in [0.3, 0.4) is 0 Å². The summed E-state index contributed by atoms with van der Waals surface area (Å²) in [7, 11) is 1.41. The average molecular weight is 327 g/mol. The standard InChI is InChI=1S/C16H16F3NO3/c1-10-13(6-7-23-10)15(21)20-14(9-22-2)11-4-3-5-12(8-11)16(17,18)19/h3-8,14H,9H2,1-2H3,(H,20,21). The lowest BCUT2D eigenvalue weighted by molar-refractivity contribution is -0.137. The second-order valence-corrected chi connectivity index (χ2v) is 5.00. The van der Waals surface area contributed by atoms with Gasteiger partial charge in [0.05, 0.1) is 30.0 Å². The molecule has 0 radical (unpaired) electrons. The molecule has 2 aromatic rings. The van der Waals surface area contributed by atoms with Crippen molar-refractivity contribution in [3.63, 3.8) is 0 Å². The Morgan fingerprint density at radius 1 is 1.35 bits per heavy atom. The lowest BCUT2D eigenvalue weighted by atomic mass is 10.0. The number of rotatable bonds is 5. The largest absolute Gasteiger partial charge is 0.469 e. The fraction of sp³-hybridized carbons (Fsp3) is 0.312. The molecule has 0 saturated heterocycles.